The molecule has 0 amide bonds. The van der Waals surface area contributed by atoms with Gasteiger partial charge in [-0.3, -0.25) is 4.74 Å². The van der Waals surface area contributed by atoms with Crippen LogP contribution in [0, 0.1) is 13.8 Å². The second kappa shape index (κ2) is 15.1. The van der Waals surface area contributed by atoms with E-state index in [1.807, 2.05) is 0 Å². The van der Waals surface area contributed by atoms with E-state index in [9.17, 15) is 0 Å². The molecule has 41 heavy (non-hydrogen) atoms. The highest BCUT2D eigenvalue weighted by Crippen LogP contribution is 2.50. The molecule has 4 nitrogen and oxygen atoms in total. The maximum Gasteiger partial charge on any atom is 0.233 e. The van der Waals surface area contributed by atoms with Gasteiger partial charge in [0.2, 0.25) is 12.6 Å². The largest absolute Gasteiger partial charge is 0.459 e. The Morgan fingerprint density at radius 2 is 1.07 bits per heavy atom. The maximum absolute atomic E-state index is 6.48. The highest BCUT2D eigenvalue weighted by molar-refractivity contribution is 5.60. The van der Waals surface area contributed by atoms with Crippen LogP contribution in [0.15, 0.2) is 36.4 Å². The lowest BCUT2D eigenvalue weighted by Gasteiger charge is -2.39. The molecule has 0 radical (unpaired) electrons. The third-order valence-electron chi connectivity index (χ3n) is 8.66. The summed E-state index contributed by atoms with van der Waals surface area (Å²) in [5.74, 6) is 1.79. The van der Waals surface area contributed by atoms with Gasteiger partial charge in [0.15, 0.2) is 0 Å². The quantitative estimate of drug-likeness (QED) is 0.191. The van der Waals surface area contributed by atoms with Crippen molar-refractivity contribution in [1.29, 1.82) is 0 Å². The number of aryl methyl sites for hydroxylation is 2. The van der Waals surface area contributed by atoms with Crippen LogP contribution >= 0.6 is 0 Å². The normalized spacial score (nSPS) is 17.9. The molecule has 0 aliphatic carbocycles. The van der Waals surface area contributed by atoms with Crippen molar-refractivity contribution in [2.75, 3.05) is 26.2 Å². The molecule has 2 heterocycles. The van der Waals surface area contributed by atoms with Crippen LogP contribution in [-0.2, 0) is 4.74 Å². The van der Waals surface area contributed by atoms with Crippen LogP contribution in [0.5, 0.6) is 11.5 Å². The fraction of sp³-hybridized carbons (Fsp3) is 0.568. The van der Waals surface area contributed by atoms with Crippen molar-refractivity contribution in [2.45, 2.75) is 112 Å². The molecule has 2 aromatic rings. The summed E-state index contributed by atoms with van der Waals surface area (Å²) in [4.78, 5) is 0. The number of hydrogen-bond donors (Lipinski definition) is 0. The van der Waals surface area contributed by atoms with Crippen LogP contribution in [0.1, 0.15) is 131 Å². The van der Waals surface area contributed by atoms with E-state index in [1.54, 1.807) is 0 Å². The van der Waals surface area contributed by atoms with Gasteiger partial charge >= 0.3 is 0 Å². The Morgan fingerprint density at radius 3 is 1.51 bits per heavy atom. The van der Waals surface area contributed by atoms with Crippen molar-refractivity contribution in [1.82, 2.24) is 0 Å². The topological polar surface area (TPSA) is 27.7 Å². The van der Waals surface area contributed by atoms with Gasteiger partial charge in [0, 0.05) is 6.42 Å². The number of benzene rings is 2. The molecule has 2 bridgehead atoms. The van der Waals surface area contributed by atoms with E-state index < -0.39 is 12.6 Å². The summed E-state index contributed by atoms with van der Waals surface area (Å²) in [6.07, 6.45) is 19.3. The van der Waals surface area contributed by atoms with E-state index in [2.05, 4.69) is 90.1 Å². The molecule has 224 valence electrons. The molecule has 0 fully saturated rings. The molecule has 2 unspecified atom stereocenters. The molecule has 0 saturated carbocycles. The van der Waals surface area contributed by atoms with Crippen LogP contribution in [0.2, 0.25) is 0 Å². The Kier molecular flexibility index (Phi) is 11.5. The summed E-state index contributed by atoms with van der Waals surface area (Å²) in [5, 5.41) is 0. The van der Waals surface area contributed by atoms with Crippen molar-refractivity contribution in [3.05, 3.63) is 69.8 Å². The summed E-state index contributed by atoms with van der Waals surface area (Å²) in [6.45, 7) is 18.6. The standard InChI is InChI=1S/C37H54NO3/c1-7-11-15-18-30-24-28(5)34-32(26-30)36-40-35-29(6)25-31(27-33(35)37(39-34)41-36)19-16-17-23-38(20-12-8-2,21-13-9-3)22-14-10-4/h15-16,18-19,24-27,36-37H,7-14,17,20-23H2,1-6H3/q+1/b18-15+,19-16+. The van der Waals surface area contributed by atoms with E-state index in [-0.39, 0.29) is 0 Å². The highest BCUT2D eigenvalue weighted by atomic mass is 16.8. The number of fused-ring (bicyclic) bond motifs is 6. The first kappa shape index (κ1) is 31.4. The SMILES string of the molecule is CCC/C=C/c1cc(C)c2c(c1)C1Oc3c(C)cc(/C=C/CC[N+](CCCC)(CCCC)CCCC)cc3C(O2)O1. The third-order valence-corrected chi connectivity index (χ3v) is 8.66. The first-order valence-electron chi connectivity index (χ1n) is 16.4. The fourth-order valence-electron chi connectivity index (χ4n) is 6.29. The summed E-state index contributed by atoms with van der Waals surface area (Å²) in [5.41, 5.74) is 6.55. The molecule has 2 atom stereocenters. The van der Waals surface area contributed by atoms with Gasteiger partial charge in [-0.25, -0.2) is 0 Å². The number of unbranched alkanes of at least 4 members (excludes halogenated alkanes) is 4. The predicted molar refractivity (Wildman–Crippen MR) is 172 cm³/mol. The van der Waals surface area contributed by atoms with Gasteiger partial charge < -0.3 is 14.0 Å². The lowest BCUT2D eigenvalue weighted by atomic mass is 9.99. The zero-order chi connectivity index (χ0) is 29.2. The second-order valence-electron chi connectivity index (χ2n) is 12.2. The van der Waals surface area contributed by atoms with Gasteiger partial charge in [0.1, 0.15) is 11.5 Å². The Morgan fingerprint density at radius 1 is 0.610 bits per heavy atom. The average Bonchev–Trinajstić information content (AvgIpc) is 2.97. The molecule has 0 spiro atoms. The van der Waals surface area contributed by atoms with Crippen LogP contribution in [0.3, 0.4) is 0 Å². The molecule has 0 saturated heterocycles. The van der Waals surface area contributed by atoms with E-state index >= 15 is 0 Å². The van der Waals surface area contributed by atoms with Crippen LogP contribution in [0.25, 0.3) is 12.2 Å². The third kappa shape index (κ3) is 7.84. The number of hydrogen-bond acceptors (Lipinski definition) is 3. The molecule has 2 aromatic carbocycles. The van der Waals surface area contributed by atoms with Crippen molar-refractivity contribution in [3.63, 3.8) is 0 Å². The number of nitrogens with zero attached hydrogens (tertiary/aromatic N) is 1. The zero-order valence-corrected chi connectivity index (χ0v) is 26.6. The Hall–Kier alpha value is -2.56. The number of allylic oxidation sites excluding steroid dienone is 1. The minimum Gasteiger partial charge on any atom is -0.459 e. The van der Waals surface area contributed by atoms with E-state index in [4.69, 9.17) is 14.2 Å². The molecule has 4 rings (SSSR count). The van der Waals surface area contributed by atoms with Crippen LogP contribution in [0.4, 0.5) is 0 Å². The summed E-state index contributed by atoms with van der Waals surface area (Å²) in [7, 11) is 0. The minimum absolute atomic E-state index is 0.449. The van der Waals surface area contributed by atoms with Crippen molar-refractivity contribution in [3.8, 4) is 11.5 Å². The molecule has 2 aliphatic heterocycles. The van der Waals surface area contributed by atoms with Gasteiger partial charge in [0.05, 0.1) is 37.3 Å². The average molecular weight is 561 g/mol. The number of ether oxygens (including phenoxy) is 3. The fourth-order valence-corrected chi connectivity index (χ4v) is 6.29. The Balaban J connectivity index is 1.49. The highest BCUT2D eigenvalue weighted by Gasteiger charge is 2.39. The molecule has 2 aliphatic rings. The molecule has 0 aromatic heterocycles. The first-order chi connectivity index (χ1) is 19.9. The van der Waals surface area contributed by atoms with Crippen LogP contribution < -0.4 is 9.47 Å². The lowest BCUT2D eigenvalue weighted by Crippen LogP contribution is -2.50. The molecule has 0 N–H and O–H groups in total. The Bertz CT molecular complexity index is 1180. The van der Waals surface area contributed by atoms with E-state index in [0.29, 0.717) is 0 Å². The first-order valence-corrected chi connectivity index (χ1v) is 16.4. The number of rotatable bonds is 16. The van der Waals surface area contributed by atoms with Crippen molar-refractivity contribution in [2.24, 2.45) is 0 Å². The number of quaternary nitrogens is 1. The van der Waals surface area contributed by atoms with E-state index in [1.165, 1.54) is 74.8 Å². The second-order valence-corrected chi connectivity index (χ2v) is 12.2. The van der Waals surface area contributed by atoms with Gasteiger partial charge in [-0.1, -0.05) is 77.7 Å². The smallest absolute Gasteiger partial charge is 0.233 e. The summed E-state index contributed by atoms with van der Waals surface area (Å²) < 4.78 is 20.5. The van der Waals surface area contributed by atoms with Crippen molar-refractivity contribution >= 4 is 12.2 Å². The minimum atomic E-state index is -0.454. The summed E-state index contributed by atoms with van der Waals surface area (Å²) in [6, 6.07) is 8.76. The van der Waals surface area contributed by atoms with Crippen LogP contribution in [-0.4, -0.2) is 30.7 Å². The van der Waals surface area contributed by atoms with Gasteiger partial charge in [-0.2, -0.15) is 0 Å². The zero-order valence-electron chi connectivity index (χ0n) is 26.6. The van der Waals surface area contributed by atoms with Gasteiger partial charge in [-0.05, 0) is 86.1 Å². The maximum atomic E-state index is 6.48. The Labute approximate surface area is 250 Å². The van der Waals surface area contributed by atoms with Gasteiger partial charge in [0.25, 0.3) is 0 Å². The summed E-state index contributed by atoms with van der Waals surface area (Å²) >= 11 is 0. The van der Waals surface area contributed by atoms with Crippen molar-refractivity contribution < 1.29 is 18.7 Å². The molecule has 4 heteroatoms. The molecular formula is C37H54NO3+. The van der Waals surface area contributed by atoms with E-state index in [0.717, 1.165) is 58.6 Å². The predicted octanol–water partition coefficient (Wildman–Crippen LogP) is 10.2. The lowest BCUT2D eigenvalue weighted by molar-refractivity contribution is -0.928. The monoisotopic (exact) mass is 560 g/mol. The molecular weight excluding hydrogens is 506 g/mol. The van der Waals surface area contributed by atoms with Gasteiger partial charge in [-0.15, -0.1) is 0 Å².